The van der Waals surface area contributed by atoms with Crippen LogP contribution in [-0.2, 0) is 11.3 Å². The Bertz CT molecular complexity index is 493. The van der Waals surface area contributed by atoms with Crippen LogP contribution in [-0.4, -0.2) is 30.0 Å². The molecule has 0 bridgehead atoms. The molecule has 1 aliphatic rings. The van der Waals surface area contributed by atoms with E-state index in [1.165, 1.54) is 5.56 Å². The Kier molecular flexibility index (Phi) is 4.60. The van der Waals surface area contributed by atoms with Gasteiger partial charge in [0.15, 0.2) is 0 Å². The van der Waals surface area contributed by atoms with Gasteiger partial charge in [-0.3, -0.25) is 4.79 Å². The van der Waals surface area contributed by atoms with Crippen LogP contribution in [0.15, 0.2) is 6.07 Å². The van der Waals surface area contributed by atoms with E-state index in [9.17, 15) is 4.79 Å². The third-order valence-electron chi connectivity index (χ3n) is 3.86. The van der Waals surface area contributed by atoms with Crippen molar-refractivity contribution in [2.45, 2.75) is 46.2 Å². The number of rotatable bonds is 3. The van der Waals surface area contributed by atoms with E-state index in [0.717, 1.165) is 43.0 Å². The number of hydrogen-bond acceptors (Lipinski definition) is 4. The maximum absolute atomic E-state index is 11.1. The summed E-state index contributed by atoms with van der Waals surface area (Å²) in [5.74, 6) is 1.07. The second-order valence-electron chi connectivity index (χ2n) is 5.55. The predicted octanol–water partition coefficient (Wildman–Crippen LogP) is 1.26. The zero-order valence-electron chi connectivity index (χ0n) is 12.6. The highest BCUT2D eigenvalue weighted by Crippen LogP contribution is 2.25. The number of nitrogens with one attached hydrogen (secondary N) is 1. The van der Waals surface area contributed by atoms with Crippen molar-refractivity contribution in [2.75, 3.05) is 18.0 Å². The Hall–Kier alpha value is -1.62. The quantitative estimate of drug-likeness (QED) is 0.872. The van der Waals surface area contributed by atoms with E-state index < -0.39 is 0 Å². The van der Waals surface area contributed by atoms with Gasteiger partial charge in [-0.05, 0) is 38.3 Å². The van der Waals surface area contributed by atoms with Crippen molar-refractivity contribution in [1.29, 1.82) is 0 Å². The zero-order chi connectivity index (χ0) is 14.7. The molecule has 2 rings (SSSR count). The fourth-order valence-electron chi connectivity index (χ4n) is 2.88. The number of amides is 1. The third-order valence-corrected chi connectivity index (χ3v) is 3.86. The summed E-state index contributed by atoms with van der Waals surface area (Å²) in [4.78, 5) is 18.1. The van der Waals surface area contributed by atoms with Crippen molar-refractivity contribution in [3.63, 3.8) is 0 Å². The van der Waals surface area contributed by atoms with Gasteiger partial charge in [-0.15, -0.1) is 0 Å². The van der Waals surface area contributed by atoms with Crippen LogP contribution >= 0.6 is 0 Å². The minimum absolute atomic E-state index is 0.0515. The smallest absolute Gasteiger partial charge is 0.217 e. The maximum Gasteiger partial charge on any atom is 0.217 e. The Morgan fingerprint density at radius 2 is 2.10 bits per heavy atom. The highest BCUT2D eigenvalue weighted by Gasteiger charge is 2.22. The molecule has 1 aromatic rings. The molecule has 0 saturated carbocycles. The van der Waals surface area contributed by atoms with Crippen LogP contribution in [0.5, 0.6) is 0 Å². The van der Waals surface area contributed by atoms with Gasteiger partial charge in [0.05, 0.1) is 0 Å². The molecule has 3 N–H and O–H groups in total. The lowest BCUT2D eigenvalue weighted by Crippen LogP contribution is -2.44. The first kappa shape index (κ1) is 14.8. The topological polar surface area (TPSA) is 71.2 Å². The summed E-state index contributed by atoms with van der Waals surface area (Å²) in [7, 11) is 0. The molecule has 0 spiro atoms. The van der Waals surface area contributed by atoms with Gasteiger partial charge >= 0.3 is 0 Å². The molecule has 0 aliphatic carbocycles. The minimum atomic E-state index is 0.0515. The lowest BCUT2D eigenvalue weighted by Gasteiger charge is -2.34. The molecule has 0 radical (unpaired) electrons. The average molecular weight is 276 g/mol. The summed E-state index contributed by atoms with van der Waals surface area (Å²) in [5.41, 5.74) is 9.24. The van der Waals surface area contributed by atoms with Crippen LogP contribution in [0.2, 0.25) is 0 Å². The first-order chi connectivity index (χ1) is 9.51. The SMILES string of the molecule is CC(=O)NC1CCN(c2nc(C)cc(C)c2CN)CC1. The lowest BCUT2D eigenvalue weighted by atomic mass is 10.0. The molecule has 5 heteroatoms. The highest BCUT2D eigenvalue weighted by molar-refractivity contribution is 5.73. The number of anilines is 1. The van der Waals surface area contributed by atoms with E-state index in [1.807, 2.05) is 6.92 Å². The Balaban J connectivity index is 2.12. The van der Waals surface area contributed by atoms with Gasteiger partial charge in [0, 0.05) is 43.9 Å². The summed E-state index contributed by atoms with van der Waals surface area (Å²) >= 11 is 0. The van der Waals surface area contributed by atoms with Crippen LogP contribution in [0.1, 0.15) is 36.6 Å². The number of carbonyl (C=O) groups is 1. The lowest BCUT2D eigenvalue weighted by molar-refractivity contribution is -0.119. The van der Waals surface area contributed by atoms with Crippen molar-refractivity contribution in [3.8, 4) is 0 Å². The number of hydrogen-bond donors (Lipinski definition) is 2. The predicted molar refractivity (Wildman–Crippen MR) is 80.7 cm³/mol. The molecular formula is C15H24N4O. The molecule has 1 fully saturated rings. The Labute approximate surface area is 120 Å². The van der Waals surface area contributed by atoms with Crippen LogP contribution in [0.25, 0.3) is 0 Å². The van der Waals surface area contributed by atoms with Gasteiger partial charge in [0.2, 0.25) is 5.91 Å². The van der Waals surface area contributed by atoms with E-state index in [2.05, 4.69) is 28.2 Å². The maximum atomic E-state index is 11.1. The highest BCUT2D eigenvalue weighted by atomic mass is 16.1. The summed E-state index contributed by atoms with van der Waals surface area (Å²) in [6.45, 7) is 8.01. The van der Waals surface area contributed by atoms with Crippen molar-refractivity contribution in [3.05, 3.63) is 22.9 Å². The first-order valence-electron chi connectivity index (χ1n) is 7.20. The molecule has 5 nitrogen and oxygen atoms in total. The van der Waals surface area contributed by atoms with Crippen LogP contribution in [0, 0.1) is 13.8 Å². The first-order valence-corrected chi connectivity index (χ1v) is 7.20. The number of aryl methyl sites for hydroxylation is 2. The molecule has 1 amide bonds. The van der Waals surface area contributed by atoms with Crippen molar-refractivity contribution in [2.24, 2.45) is 5.73 Å². The van der Waals surface area contributed by atoms with Crippen LogP contribution < -0.4 is 16.0 Å². The standard InChI is InChI=1S/C15H24N4O/c1-10-8-11(2)17-15(14(10)9-16)19-6-4-13(5-7-19)18-12(3)20/h8,13H,4-7,9,16H2,1-3H3,(H,18,20). The Morgan fingerprint density at radius 3 is 2.65 bits per heavy atom. The second-order valence-corrected chi connectivity index (χ2v) is 5.55. The second kappa shape index (κ2) is 6.22. The van der Waals surface area contributed by atoms with Crippen molar-refractivity contribution < 1.29 is 4.79 Å². The van der Waals surface area contributed by atoms with Gasteiger partial charge in [0.1, 0.15) is 5.82 Å². The monoisotopic (exact) mass is 276 g/mol. The molecular weight excluding hydrogens is 252 g/mol. The van der Waals surface area contributed by atoms with Crippen LogP contribution in [0.3, 0.4) is 0 Å². The van der Waals surface area contributed by atoms with Crippen LogP contribution in [0.4, 0.5) is 5.82 Å². The number of nitrogens with two attached hydrogens (primary N) is 1. The third kappa shape index (κ3) is 3.28. The number of aromatic nitrogens is 1. The van der Waals surface area contributed by atoms with E-state index >= 15 is 0 Å². The van der Waals surface area contributed by atoms with E-state index in [1.54, 1.807) is 6.92 Å². The fourth-order valence-corrected chi connectivity index (χ4v) is 2.88. The minimum Gasteiger partial charge on any atom is -0.356 e. The Morgan fingerprint density at radius 1 is 1.45 bits per heavy atom. The summed E-state index contributed by atoms with van der Waals surface area (Å²) in [5, 5.41) is 2.99. The van der Waals surface area contributed by atoms with Gasteiger partial charge in [-0.25, -0.2) is 4.98 Å². The molecule has 20 heavy (non-hydrogen) atoms. The van der Waals surface area contributed by atoms with Gasteiger partial charge in [-0.2, -0.15) is 0 Å². The summed E-state index contributed by atoms with van der Waals surface area (Å²) in [6.07, 6.45) is 1.91. The molecule has 0 atom stereocenters. The van der Waals surface area contributed by atoms with Gasteiger partial charge in [0.25, 0.3) is 0 Å². The number of nitrogens with zero attached hydrogens (tertiary/aromatic N) is 2. The van der Waals surface area contributed by atoms with E-state index in [0.29, 0.717) is 6.54 Å². The zero-order valence-corrected chi connectivity index (χ0v) is 12.6. The van der Waals surface area contributed by atoms with Gasteiger partial charge in [-0.1, -0.05) is 0 Å². The molecule has 110 valence electrons. The summed E-state index contributed by atoms with van der Waals surface area (Å²) < 4.78 is 0. The normalized spacial score (nSPS) is 16.3. The fraction of sp³-hybridized carbons (Fsp3) is 0.600. The average Bonchev–Trinajstić information content (AvgIpc) is 2.38. The molecule has 1 saturated heterocycles. The number of piperidine rings is 1. The molecule has 0 aromatic carbocycles. The van der Waals surface area contributed by atoms with E-state index in [-0.39, 0.29) is 11.9 Å². The van der Waals surface area contributed by atoms with Gasteiger partial charge < -0.3 is 16.0 Å². The molecule has 2 heterocycles. The van der Waals surface area contributed by atoms with Crippen molar-refractivity contribution >= 4 is 11.7 Å². The molecule has 1 aliphatic heterocycles. The summed E-state index contributed by atoms with van der Waals surface area (Å²) in [6, 6.07) is 2.37. The number of pyridine rings is 1. The number of carbonyl (C=O) groups excluding carboxylic acids is 1. The van der Waals surface area contributed by atoms with E-state index in [4.69, 9.17) is 5.73 Å². The molecule has 1 aromatic heterocycles. The van der Waals surface area contributed by atoms with Crippen molar-refractivity contribution in [1.82, 2.24) is 10.3 Å². The molecule has 0 unspecified atom stereocenters. The largest absolute Gasteiger partial charge is 0.356 e.